The van der Waals surface area contributed by atoms with Gasteiger partial charge in [-0.1, -0.05) is 0 Å². The number of halogens is 1. The van der Waals surface area contributed by atoms with Crippen LogP contribution in [0.5, 0.6) is 0 Å². The molecule has 0 unspecified atom stereocenters. The van der Waals surface area contributed by atoms with Gasteiger partial charge in [0, 0.05) is 12.1 Å². The van der Waals surface area contributed by atoms with E-state index in [1.807, 2.05) is 0 Å². The maximum absolute atomic E-state index is 12.2. The molecule has 2 rings (SSSR count). The smallest absolute Gasteiger partial charge is 0.0872 e. The molecule has 0 aromatic heterocycles. The number of hydrogen-bond acceptors (Lipinski definition) is 2. The van der Waals surface area contributed by atoms with Gasteiger partial charge in [0.2, 0.25) is 0 Å². The molecule has 0 bridgehead atoms. The van der Waals surface area contributed by atoms with Crippen LogP contribution in [-0.2, 0) is 0 Å². The minimum absolute atomic E-state index is 0.0993. The molecule has 0 amide bonds. The Bertz CT molecular complexity index is 217. The van der Waals surface area contributed by atoms with Crippen LogP contribution in [0, 0.1) is 0 Å². The van der Waals surface area contributed by atoms with Crippen molar-refractivity contribution >= 4 is 0 Å². The van der Waals surface area contributed by atoms with Crippen molar-refractivity contribution in [1.29, 1.82) is 0 Å². The van der Waals surface area contributed by atoms with Crippen molar-refractivity contribution < 1.29 is 9.50 Å². The lowest BCUT2D eigenvalue weighted by Gasteiger charge is -2.28. The standard InChI is InChI=1S/C9H14FNO/c10-5-8-4-9(7-12)2-1-3-11(9)6-8/h5,12H,1-4,6-7H2/b8-5-/t9-/m0/s1. The molecular weight excluding hydrogens is 157 g/mol. The molecule has 0 spiro atoms. The van der Waals surface area contributed by atoms with Crippen LogP contribution in [0.3, 0.4) is 0 Å². The zero-order valence-corrected chi connectivity index (χ0v) is 7.09. The van der Waals surface area contributed by atoms with Gasteiger partial charge in [-0.15, -0.1) is 0 Å². The fraction of sp³-hybridized carbons (Fsp3) is 0.778. The van der Waals surface area contributed by atoms with Crippen LogP contribution in [0.2, 0.25) is 0 Å². The van der Waals surface area contributed by atoms with E-state index in [-0.39, 0.29) is 12.1 Å². The number of hydrogen-bond donors (Lipinski definition) is 1. The summed E-state index contributed by atoms with van der Waals surface area (Å²) in [6.07, 6.45) is 3.58. The first-order valence-electron chi connectivity index (χ1n) is 4.45. The fourth-order valence-corrected chi connectivity index (χ4v) is 2.47. The molecular formula is C9H14FNO. The zero-order chi connectivity index (χ0) is 8.60. The molecule has 2 aliphatic heterocycles. The quantitative estimate of drug-likeness (QED) is 0.638. The largest absolute Gasteiger partial charge is 0.394 e. The minimum Gasteiger partial charge on any atom is -0.394 e. The van der Waals surface area contributed by atoms with Crippen molar-refractivity contribution in [2.75, 3.05) is 19.7 Å². The van der Waals surface area contributed by atoms with Gasteiger partial charge in [0.1, 0.15) is 0 Å². The predicted molar refractivity (Wildman–Crippen MR) is 44.4 cm³/mol. The summed E-state index contributed by atoms with van der Waals surface area (Å²) in [5, 5.41) is 9.25. The van der Waals surface area contributed by atoms with E-state index in [1.165, 1.54) is 0 Å². The van der Waals surface area contributed by atoms with Crippen molar-refractivity contribution in [2.45, 2.75) is 24.8 Å². The highest BCUT2D eigenvalue weighted by Gasteiger charge is 2.45. The molecule has 0 radical (unpaired) electrons. The summed E-state index contributed by atoms with van der Waals surface area (Å²) in [4.78, 5) is 2.21. The first kappa shape index (κ1) is 8.20. The van der Waals surface area contributed by atoms with E-state index >= 15 is 0 Å². The van der Waals surface area contributed by atoms with Gasteiger partial charge in [-0.2, -0.15) is 0 Å². The molecule has 2 saturated heterocycles. The van der Waals surface area contributed by atoms with Crippen LogP contribution in [0.15, 0.2) is 11.9 Å². The van der Waals surface area contributed by atoms with Crippen LogP contribution in [0.4, 0.5) is 4.39 Å². The fourth-order valence-electron chi connectivity index (χ4n) is 2.47. The number of fused-ring (bicyclic) bond motifs is 1. The van der Waals surface area contributed by atoms with Gasteiger partial charge in [-0.25, -0.2) is 4.39 Å². The Morgan fingerprint density at radius 1 is 1.67 bits per heavy atom. The van der Waals surface area contributed by atoms with Gasteiger partial charge < -0.3 is 5.11 Å². The van der Waals surface area contributed by atoms with Gasteiger partial charge >= 0.3 is 0 Å². The third kappa shape index (κ3) is 1.00. The Hall–Kier alpha value is -0.410. The monoisotopic (exact) mass is 171 g/mol. The summed E-state index contributed by atoms with van der Waals surface area (Å²) in [7, 11) is 0. The van der Waals surface area contributed by atoms with E-state index in [4.69, 9.17) is 0 Å². The van der Waals surface area contributed by atoms with E-state index in [0.717, 1.165) is 37.9 Å². The minimum atomic E-state index is -0.0993. The molecule has 1 N–H and O–H groups in total. The molecule has 0 aromatic rings. The van der Waals surface area contributed by atoms with Gasteiger partial charge in [0.15, 0.2) is 0 Å². The Morgan fingerprint density at radius 2 is 2.50 bits per heavy atom. The summed E-state index contributed by atoms with van der Waals surface area (Å²) < 4.78 is 12.2. The lowest BCUT2D eigenvalue weighted by atomic mass is 9.94. The number of aliphatic hydroxyl groups excluding tert-OH is 1. The molecule has 0 saturated carbocycles. The van der Waals surface area contributed by atoms with Crippen molar-refractivity contribution in [1.82, 2.24) is 4.90 Å². The first-order valence-corrected chi connectivity index (χ1v) is 4.45. The van der Waals surface area contributed by atoms with Gasteiger partial charge in [0.05, 0.1) is 12.9 Å². The average Bonchev–Trinajstić information content (AvgIpc) is 2.58. The van der Waals surface area contributed by atoms with Gasteiger partial charge in [0.25, 0.3) is 0 Å². The van der Waals surface area contributed by atoms with Crippen LogP contribution in [0.25, 0.3) is 0 Å². The Kier molecular flexibility index (Phi) is 1.93. The second-order valence-electron chi connectivity index (χ2n) is 3.85. The van der Waals surface area contributed by atoms with Crippen molar-refractivity contribution in [3.05, 3.63) is 11.9 Å². The number of rotatable bonds is 1. The van der Waals surface area contributed by atoms with E-state index in [2.05, 4.69) is 4.90 Å². The summed E-state index contributed by atoms with van der Waals surface area (Å²) in [6, 6.07) is 0. The van der Waals surface area contributed by atoms with Crippen molar-refractivity contribution in [3.8, 4) is 0 Å². The zero-order valence-electron chi connectivity index (χ0n) is 7.09. The number of nitrogens with zero attached hydrogens (tertiary/aromatic N) is 1. The highest BCUT2D eigenvalue weighted by Crippen LogP contribution is 2.40. The van der Waals surface area contributed by atoms with E-state index < -0.39 is 0 Å². The molecule has 0 aromatic carbocycles. The third-order valence-electron chi connectivity index (χ3n) is 3.14. The molecule has 2 fully saturated rings. The van der Waals surface area contributed by atoms with Gasteiger partial charge in [-0.3, -0.25) is 4.90 Å². The highest BCUT2D eigenvalue weighted by molar-refractivity contribution is 5.18. The van der Waals surface area contributed by atoms with Crippen LogP contribution >= 0.6 is 0 Å². The van der Waals surface area contributed by atoms with Crippen LogP contribution in [-0.4, -0.2) is 35.2 Å². The normalized spacial score (nSPS) is 39.3. The average molecular weight is 171 g/mol. The third-order valence-corrected chi connectivity index (χ3v) is 3.14. The van der Waals surface area contributed by atoms with E-state index in [9.17, 15) is 9.50 Å². The molecule has 12 heavy (non-hydrogen) atoms. The van der Waals surface area contributed by atoms with Crippen LogP contribution in [0.1, 0.15) is 19.3 Å². The van der Waals surface area contributed by atoms with Crippen molar-refractivity contribution in [3.63, 3.8) is 0 Å². The maximum atomic E-state index is 12.2. The molecule has 68 valence electrons. The molecule has 1 atom stereocenters. The highest BCUT2D eigenvalue weighted by atomic mass is 19.1. The summed E-state index contributed by atoms with van der Waals surface area (Å²) in [6.45, 7) is 1.90. The van der Waals surface area contributed by atoms with E-state index in [1.54, 1.807) is 0 Å². The second kappa shape index (κ2) is 2.82. The Morgan fingerprint density at radius 3 is 3.08 bits per heavy atom. The second-order valence-corrected chi connectivity index (χ2v) is 3.85. The molecule has 2 nitrogen and oxygen atoms in total. The molecule has 2 heterocycles. The molecule has 0 aliphatic carbocycles. The predicted octanol–water partition coefficient (Wildman–Crippen LogP) is 1.07. The lowest BCUT2D eigenvalue weighted by molar-refractivity contribution is 0.1000. The summed E-state index contributed by atoms with van der Waals surface area (Å²) in [5.41, 5.74) is 0.738. The lowest BCUT2D eigenvalue weighted by Crippen LogP contribution is -2.41. The molecule has 2 aliphatic rings. The number of aliphatic hydroxyl groups is 1. The van der Waals surface area contributed by atoms with Crippen LogP contribution < -0.4 is 0 Å². The van der Waals surface area contributed by atoms with Crippen molar-refractivity contribution in [2.24, 2.45) is 0 Å². The topological polar surface area (TPSA) is 23.5 Å². The molecule has 3 heteroatoms. The SMILES string of the molecule is OC[C@@]12CCCN1C/C(=C\F)C2. The van der Waals surface area contributed by atoms with E-state index in [0.29, 0.717) is 6.33 Å². The maximum Gasteiger partial charge on any atom is 0.0872 e. The Labute approximate surface area is 71.7 Å². The van der Waals surface area contributed by atoms with Gasteiger partial charge in [-0.05, 0) is 31.4 Å². The summed E-state index contributed by atoms with van der Waals surface area (Å²) in [5.74, 6) is 0. The summed E-state index contributed by atoms with van der Waals surface area (Å²) >= 11 is 0. The Balaban J connectivity index is 2.20. The first-order chi connectivity index (χ1) is 5.80.